The largest absolute Gasteiger partial charge is 0.493 e. The molecule has 2 aromatic carbocycles. The van der Waals surface area contributed by atoms with Crippen LogP contribution in [-0.4, -0.2) is 44.7 Å². The van der Waals surface area contributed by atoms with Gasteiger partial charge in [0.2, 0.25) is 5.91 Å². The van der Waals surface area contributed by atoms with Crippen molar-refractivity contribution >= 4 is 11.6 Å². The minimum atomic E-state index is -0.226. The Balaban J connectivity index is 1.90. The standard InChI is InChI=1S/C22H30N2O3/c1-6-17-7-10-19(11-8-17)23-22(25)16(2)24(3)14-13-18-9-12-20(26-4)21(15-18)27-5/h7-12,15-16H,6,13-14H2,1-5H3,(H,23,25)/t16-/m1/s1. The average molecular weight is 370 g/mol. The summed E-state index contributed by atoms with van der Waals surface area (Å²) in [4.78, 5) is 14.6. The van der Waals surface area contributed by atoms with E-state index < -0.39 is 0 Å². The minimum absolute atomic E-state index is 0.00550. The van der Waals surface area contributed by atoms with Crippen molar-refractivity contribution in [1.82, 2.24) is 4.90 Å². The van der Waals surface area contributed by atoms with Crippen LogP contribution in [0.1, 0.15) is 25.0 Å². The number of hydrogen-bond donors (Lipinski definition) is 1. The molecule has 0 spiro atoms. The van der Waals surface area contributed by atoms with Crippen molar-refractivity contribution < 1.29 is 14.3 Å². The summed E-state index contributed by atoms with van der Waals surface area (Å²) in [5, 5.41) is 2.99. The van der Waals surface area contributed by atoms with Gasteiger partial charge in [0, 0.05) is 12.2 Å². The maximum atomic E-state index is 12.5. The van der Waals surface area contributed by atoms with E-state index in [1.807, 2.05) is 61.3 Å². The van der Waals surface area contributed by atoms with Crippen LogP contribution in [0, 0.1) is 0 Å². The maximum absolute atomic E-state index is 12.5. The van der Waals surface area contributed by atoms with Gasteiger partial charge in [0.1, 0.15) is 0 Å². The molecule has 0 fully saturated rings. The number of nitrogens with one attached hydrogen (secondary N) is 1. The Kier molecular flexibility index (Phi) is 7.67. The molecule has 2 aromatic rings. The molecule has 1 N–H and O–H groups in total. The van der Waals surface area contributed by atoms with Crippen LogP contribution in [-0.2, 0) is 17.6 Å². The van der Waals surface area contributed by atoms with Crippen molar-refractivity contribution in [2.45, 2.75) is 32.7 Å². The van der Waals surface area contributed by atoms with Gasteiger partial charge in [-0.15, -0.1) is 0 Å². The number of aryl methyl sites for hydroxylation is 1. The fourth-order valence-electron chi connectivity index (χ4n) is 2.81. The SMILES string of the molecule is CCc1ccc(NC(=O)[C@@H](C)N(C)CCc2ccc(OC)c(OC)c2)cc1. The number of rotatable bonds is 9. The highest BCUT2D eigenvalue weighted by Gasteiger charge is 2.18. The topological polar surface area (TPSA) is 50.8 Å². The van der Waals surface area contributed by atoms with Gasteiger partial charge in [-0.05, 0) is 62.2 Å². The van der Waals surface area contributed by atoms with E-state index in [1.54, 1.807) is 14.2 Å². The molecule has 0 heterocycles. The summed E-state index contributed by atoms with van der Waals surface area (Å²) in [6.07, 6.45) is 1.81. The highest BCUT2D eigenvalue weighted by Crippen LogP contribution is 2.27. The first kappa shape index (κ1) is 20.8. The fourth-order valence-corrected chi connectivity index (χ4v) is 2.81. The molecular formula is C22H30N2O3. The van der Waals surface area contributed by atoms with Gasteiger partial charge in [0.15, 0.2) is 11.5 Å². The second kappa shape index (κ2) is 9.97. The highest BCUT2D eigenvalue weighted by atomic mass is 16.5. The number of nitrogens with zero attached hydrogens (tertiary/aromatic N) is 1. The van der Waals surface area contributed by atoms with Gasteiger partial charge < -0.3 is 14.8 Å². The molecule has 0 saturated carbocycles. The molecule has 27 heavy (non-hydrogen) atoms. The third-order valence-corrected chi connectivity index (χ3v) is 4.87. The average Bonchev–Trinajstić information content (AvgIpc) is 2.71. The molecule has 1 amide bonds. The van der Waals surface area contributed by atoms with Gasteiger partial charge in [-0.25, -0.2) is 0 Å². The van der Waals surface area contributed by atoms with Crippen molar-refractivity contribution in [2.24, 2.45) is 0 Å². The zero-order chi connectivity index (χ0) is 19.8. The molecule has 0 aliphatic carbocycles. The number of amides is 1. The van der Waals surface area contributed by atoms with Gasteiger partial charge in [0.25, 0.3) is 0 Å². The van der Waals surface area contributed by atoms with Crippen molar-refractivity contribution in [3.8, 4) is 11.5 Å². The van der Waals surface area contributed by atoms with E-state index in [2.05, 4.69) is 12.2 Å². The summed E-state index contributed by atoms with van der Waals surface area (Å²) >= 11 is 0. The van der Waals surface area contributed by atoms with Crippen molar-refractivity contribution in [3.63, 3.8) is 0 Å². The quantitative estimate of drug-likeness (QED) is 0.730. The van der Waals surface area contributed by atoms with Crippen LogP contribution in [0.4, 0.5) is 5.69 Å². The van der Waals surface area contributed by atoms with Crippen molar-refractivity contribution in [2.75, 3.05) is 33.1 Å². The number of ether oxygens (including phenoxy) is 2. The molecule has 1 atom stereocenters. The first-order chi connectivity index (χ1) is 13.0. The van der Waals surface area contributed by atoms with Crippen molar-refractivity contribution in [3.05, 3.63) is 53.6 Å². The number of benzene rings is 2. The summed E-state index contributed by atoms with van der Waals surface area (Å²) in [7, 11) is 5.22. The Morgan fingerprint density at radius 3 is 2.26 bits per heavy atom. The van der Waals surface area contributed by atoms with Gasteiger partial charge in [-0.2, -0.15) is 0 Å². The normalized spacial score (nSPS) is 11.9. The van der Waals surface area contributed by atoms with Gasteiger partial charge in [-0.1, -0.05) is 25.1 Å². The Labute approximate surface area is 162 Å². The van der Waals surface area contributed by atoms with E-state index in [-0.39, 0.29) is 11.9 Å². The van der Waals surface area contributed by atoms with E-state index in [1.165, 1.54) is 5.56 Å². The fraction of sp³-hybridized carbons (Fsp3) is 0.409. The Bertz CT molecular complexity index is 744. The molecule has 0 saturated heterocycles. The molecule has 146 valence electrons. The van der Waals surface area contributed by atoms with Crippen LogP contribution in [0.5, 0.6) is 11.5 Å². The van der Waals surface area contributed by atoms with E-state index in [4.69, 9.17) is 9.47 Å². The molecule has 2 rings (SSSR count). The molecule has 0 bridgehead atoms. The molecule has 0 unspecified atom stereocenters. The second-order valence-electron chi connectivity index (χ2n) is 6.64. The van der Waals surface area contributed by atoms with E-state index in [0.717, 1.165) is 42.1 Å². The highest BCUT2D eigenvalue weighted by molar-refractivity contribution is 5.94. The Morgan fingerprint density at radius 1 is 1.04 bits per heavy atom. The van der Waals surface area contributed by atoms with Crippen LogP contribution in [0.15, 0.2) is 42.5 Å². The van der Waals surface area contributed by atoms with E-state index in [9.17, 15) is 4.79 Å². The zero-order valence-electron chi connectivity index (χ0n) is 16.9. The lowest BCUT2D eigenvalue weighted by molar-refractivity contribution is -0.120. The first-order valence-electron chi connectivity index (χ1n) is 9.29. The summed E-state index contributed by atoms with van der Waals surface area (Å²) in [6, 6.07) is 13.7. The lowest BCUT2D eigenvalue weighted by Crippen LogP contribution is -2.40. The molecule has 0 radical (unpaired) electrons. The molecule has 0 aromatic heterocycles. The predicted octanol–water partition coefficient (Wildman–Crippen LogP) is 3.77. The maximum Gasteiger partial charge on any atom is 0.241 e. The lowest BCUT2D eigenvalue weighted by Gasteiger charge is -2.24. The minimum Gasteiger partial charge on any atom is -0.493 e. The van der Waals surface area contributed by atoms with Crippen LogP contribution >= 0.6 is 0 Å². The van der Waals surface area contributed by atoms with Crippen LogP contribution in [0.2, 0.25) is 0 Å². The lowest BCUT2D eigenvalue weighted by atomic mass is 10.1. The summed E-state index contributed by atoms with van der Waals surface area (Å²) < 4.78 is 10.6. The third kappa shape index (κ3) is 5.73. The number of methoxy groups -OCH3 is 2. The monoisotopic (exact) mass is 370 g/mol. The molecule has 5 heteroatoms. The molecule has 0 aliphatic heterocycles. The molecule has 0 aliphatic rings. The Hall–Kier alpha value is -2.53. The van der Waals surface area contributed by atoms with Crippen LogP contribution in [0.3, 0.4) is 0 Å². The summed E-state index contributed by atoms with van der Waals surface area (Å²) in [5.74, 6) is 1.43. The number of carbonyl (C=O) groups is 1. The van der Waals surface area contributed by atoms with Crippen molar-refractivity contribution in [1.29, 1.82) is 0 Å². The number of carbonyl (C=O) groups excluding carboxylic acids is 1. The molecule has 5 nitrogen and oxygen atoms in total. The van der Waals surface area contributed by atoms with Gasteiger partial charge in [0.05, 0.1) is 20.3 Å². The third-order valence-electron chi connectivity index (χ3n) is 4.87. The predicted molar refractivity (Wildman–Crippen MR) is 110 cm³/mol. The first-order valence-corrected chi connectivity index (χ1v) is 9.29. The second-order valence-corrected chi connectivity index (χ2v) is 6.64. The van der Waals surface area contributed by atoms with Gasteiger partial charge >= 0.3 is 0 Å². The van der Waals surface area contributed by atoms with Crippen LogP contribution < -0.4 is 14.8 Å². The zero-order valence-corrected chi connectivity index (χ0v) is 16.9. The number of likely N-dealkylation sites (N-methyl/N-ethyl adjacent to an activating group) is 1. The summed E-state index contributed by atoms with van der Waals surface area (Å²) in [5.41, 5.74) is 3.23. The van der Waals surface area contributed by atoms with Gasteiger partial charge in [-0.3, -0.25) is 9.69 Å². The van der Waals surface area contributed by atoms with Crippen LogP contribution in [0.25, 0.3) is 0 Å². The van der Waals surface area contributed by atoms with E-state index >= 15 is 0 Å². The number of hydrogen-bond acceptors (Lipinski definition) is 4. The Morgan fingerprint density at radius 2 is 1.67 bits per heavy atom. The smallest absolute Gasteiger partial charge is 0.241 e. The summed E-state index contributed by atoms with van der Waals surface area (Å²) in [6.45, 7) is 4.80. The molecular weight excluding hydrogens is 340 g/mol. The van der Waals surface area contributed by atoms with E-state index in [0.29, 0.717) is 0 Å². The number of anilines is 1.